The summed E-state index contributed by atoms with van der Waals surface area (Å²) in [5, 5.41) is 36.4. The zero-order chi connectivity index (χ0) is 55.8. The van der Waals surface area contributed by atoms with Gasteiger partial charge in [0.1, 0.15) is 72.2 Å². The average Bonchev–Trinajstić information content (AvgIpc) is 4.36. The molecule has 0 aliphatic carbocycles. The lowest BCUT2D eigenvalue weighted by Crippen LogP contribution is -2.48. The van der Waals surface area contributed by atoms with E-state index in [2.05, 4.69) is 57.1 Å². The molecule has 79 heavy (non-hydrogen) atoms. The third kappa shape index (κ3) is 13.6. The van der Waals surface area contributed by atoms with Gasteiger partial charge in [-0.2, -0.15) is 0 Å². The number of carbonyl (C=O) groups is 1. The monoisotopic (exact) mass is 1150 g/mol. The van der Waals surface area contributed by atoms with E-state index in [1.54, 1.807) is 0 Å². The molecule has 1 amide bonds. The van der Waals surface area contributed by atoms with Crippen molar-refractivity contribution in [1.29, 1.82) is 0 Å². The molecule has 9 heterocycles. The number of aliphatic hydroxyl groups is 3. The molecule has 13 atom stereocenters. The molecular weight excluding hydrogens is 1080 g/mol. The maximum atomic E-state index is 14.1. The zero-order valence-electron chi connectivity index (χ0n) is 43.4. The number of phosphoric acid groups is 2. The fraction of sp³-hybridized carbons (Fsp3) is 0.652. The Morgan fingerprint density at radius 3 is 1.59 bits per heavy atom. The Balaban J connectivity index is 0.860. The predicted octanol–water partition coefficient (Wildman–Crippen LogP) is 3.02. The summed E-state index contributed by atoms with van der Waals surface area (Å²) >= 11 is 0. The predicted molar refractivity (Wildman–Crippen MR) is 278 cm³/mol. The van der Waals surface area contributed by atoms with Gasteiger partial charge in [-0.05, 0) is 6.42 Å². The highest BCUT2D eigenvalue weighted by Gasteiger charge is 2.52. The number of fused-ring (bicyclic) bond motifs is 3. The van der Waals surface area contributed by atoms with Crippen LogP contribution >= 0.6 is 15.6 Å². The highest BCUT2D eigenvalue weighted by molar-refractivity contribution is 7.47. The van der Waals surface area contributed by atoms with Crippen LogP contribution in [0, 0.1) is 0 Å². The van der Waals surface area contributed by atoms with Crippen LogP contribution in [-0.2, 0) is 46.2 Å². The molecule has 0 saturated carbocycles. The number of nitrogens with two attached hydrogens (primary N) is 3. The first-order valence-corrected chi connectivity index (χ1v) is 29.4. The van der Waals surface area contributed by atoms with Crippen molar-refractivity contribution >= 4 is 72.5 Å². The molecule has 432 valence electrons. The maximum absolute atomic E-state index is 14.1. The molecule has 13 unspecified atom stereocenters. The number of nitrogens with zero attached hydrogens (tertiary/aromatic N) is 12. The van der Waals surface area contributed by atoms with Crippen LogP contribution in [0.15, 0.2) is 38.0 Å². The highest BCUT2D eigenvalue weighted by Crippen LogP contribution is 2.53. The van der Waals surface area contributed by atoms with Gasteiger partial charge in [0.05, 0.1) is 50.9 Å². The first-order chi connectivity index (χ1) is 38.1. The number of hydrogen-bond donors (Lipinski definition) is 9. The molecule has 0 spiro atoms. The van der Waals surface area contributed by atoms with Crippen LogP contribution in [0.2, 0.25) is 0 Å². The summed E-state index contributed by atoms with van der Waals surface area (Å²) in [4.78, 5) is 73.2. The van der Waals surface area contributed by atoms with E-state index in [0.717, 1.165) is 32.0 Å². The Labute approximate surface area is 452 Å². The van der Waals surface area contributed by atoms with Crippen LogP contribution in [0.25, 0.3) is 33.5 Å². The summed E-state index contributed by atoms with van der Waals surface area (Å²) in [6.45, 7) is 0.102. The Morgan fingerprint density at radius 2 is 1.08 bits per heavy atom. The van der Waals surface area contributed by atoms with Gasteiger partial charge < -0.3 is 61.8 Å². The number of phosphoric ester groups is 2. The van der Waals surface area contributed by atoms with Crippen molar-refractivity contribution in [2.75, 3.05) is 37.0 Å². The van der Waals surface area contributed by atoms with E-state index < -0.39 is 109 Å². The van der Waals surface area contributed by atoms with Gasteiger partial charge in [-0.25, -0.2) is 54.0 Å². The third-order valence-electron chi connectivity index (χ3n) is 14.2. The average molecular weight is 1150 g/mol. The highest BCUT2D eigenvalue weighted by atomic mass is 31.2. The molecule has 6 aromatic heterocycles. The van der Waals surface area contributed by atoms with Gasteiger partial charge in [0.15, 0.2) is 53.1 Å². The van der Waals surface area contributed by atoms with Crippen LogP contribution in [0.1, 0.15) is 122 Å². The van der Waals surface area contributed by atoms with E-state index in [0.29, 0.717) is 6.42 Å². The summed E-state index contributed by atoms with van der Waals surface area (Å²) in [5.74, 6) is -0.304. The van der Waals surface area contributed by atoms with Crippen molar-refractivity contribution in [3.8, 4) is 0 Å². The summed E-state index contributed by atoms with van der Waals surface area (Å²) in [7, 11) is -10.4. The topological polar surface area (TPSA) is 438 Å². The van der Waals surface area contributed by atoms with E-state index in [9.17, 15) is 39.0 Å². The SMILES string of the molecule is CCCCCCCCCCCCCCCC(=O)NC1C(COP(=O)(O)OC2C(O)C(COP(=O)(O)OC3CC(CO)OC3n3cnc4c(N)ncnc43)OC2n2cnc3c(N)ncnc32)OC(n2cnc3c(N)ncnc32)C1O. The van der Waals surface area contributed by atoms with E-state index in [-0.39, 0.29) is 63.8 Å². The van der Waals surface area contributed by atoms with Crippen LogP contribution in [0.5, 0.6) is 0 Å². The number of amides is 1. The molecule has 31 nitrogen and oxygen atoms in total. The van der Waals surface area contributed by atoms with Gasteiger partial charge in [-0.3, -0.25) is 36.6 Å². The molecular formula is C46H68N16O15P2. The number of hydrogen-bond acceptors (Lipinski definition) is 25. The van der Waals surface area contributed by atoms with Gasteiger partial charge >= 0.3 is 15.6 Å². The molecule has 0 bridgehead atoms. The maximum Gasteiger partial charge on any atom is 0.472 e. The number of carbonyl (C=O) groups excluding carboxylic acids is 1. The van der Waals surface area contributed by atoms with Crippen molar-refractivity contribution in [2.24, 2.45) is 0 Å². The van der Waals surface area contributed by atoms with E-state index in [1.165, 1.54) is 96.7 Å². The lowest BCUT2D eigenvalue weighted by Gasteiger charge is -2.26. The molecule has 9 rings (SSSR count). The number of anilines is 3. The summed E-state index contributed by atoms with van der Waals surface area (Å²) in [6.07, 6.45) is 7.90. The van der Waals surface area contributed by atoms with Crippen LogP contribution < -0.4 is 22.5 Å². The van der Waals surface area contributed by atoms with Crippen molar-refractivity contribution in [1.82, 2.24) is 63.9 Å². The number of rotatable bonds is 29. The van der Waals surface area contributed by atoms with Crippen LogP contribution in [-0.4, -0.2) is 158 Å². The summed E-state index contributed by atoms with van der Waals surface area (Å²) in [5.41, 5.74) is 19.0. The number of unbranched alkanes of at least 4 members (excludes halogenated alkanes) is 12. The lowest BCUT2D eigenvalue weighted by atomic mass is 10.0. The minimum Gasteiger partial charge on any atom is -0.394 e. The van der Waals surface area contributed by atoms with Gasteiger partial charge in [0.25, 0.3) is 0 Å². The van der Waals surface area contributed by atoms with Crippen molar-refractivity contribution in [3.05, 3.63) is 38.0 Å². The van der Waals surface area contributed by atoms with Gasteiger partial charge in [0.2, 0.25) is 5.91 Å². The molecule has 6 aromatic rings. The second kappa shape index (κ2) is 26.0. The van der Waals surface area contributed by atoms with Gasteiger partial charge in [0, 0.05) is 12.8 Å². The number of aromatic nitrogens is 12. The Bertz CT molecular complexity index is 3100. The molecule has 0 aromatic carbocycles. The number of aliphatic hydroxyl groups excluding tert-OH is 3. The normalized spacial score (nSPS) is 26.8. The number of imidazole rings is 3. The molecule has 3 aliphatic heterocycles. The van der Waals surface area contributed by atoms with Crippen LogP contribution in [0.3, 0.4) is 0 Å². The third-order valence-corrected chi connectivity index (χ3v) is 16.2. The van der Waals surface area contributed by atoms with Crippen molar-refractivity contribution in [3.63, 3.8) is 0 Å². The first kappa shape index (κ1) is 58.2. The van der Waals surface area contributed by atoms with Crippen LogP contribution in [0.4, 0.5) is 17.5 Å². The van der Waals surface area contributed by atoms with E-state index in [1.807, 2.05) is 0 Å². The van der Waals surface area contributed by atoms with E-state index in [4.69, 9.17) is 49.5 Å². The second-order valence-electron chi connectivity index (χ2n) is 19.8. The largest absolute Gasteiger partial charge is 0.472 e. The fourth-order valence-corrected chi connectivity index (χ4v) is 12.0. The molecule has 12 N–H and O–H groups in total. The number of ether oxygens (including phenoxy) is 3. The number of nitrogen functional groups attached to an aromatic ring is 3. The second-order valence-corrected chi connectivity index (χ2v) is 22.6. The van der Waals surface area contributed by atoms with Gasteiger partial charge in [-0.15, -0.1) is 0 Å². The Morgan fingerprint density at radius 1 is 0.620 bits per heavy atom. The zero-order valence-corrected chi connectivity index (χ0v) is 45.1. The van der Waals surface area contributed by atoms with Crippen molar-refractivity contribution in [2.45, 2.75) is 171 Å². The molecule has 3 aliphatic rings. The van der Waals surface area contributed by atoms with Gasteiger partial charge in [-0.1, -0.05) is 84.0 Å². The lowest BCUT2D eigenvalue weighted by molar-refractivity contribution is -0.123. The molecule has 3 fully saturated rings. The summed E-state index contributed by atoms with van der Waals surface area (Å²) in [6, 6.07) is -1.21. The standard InChI is InChI=1S/C46H68N16O15P2/c1-2-3-4-5-6-7-8-9-10-11-12-13-14-15-30(64)59-31-28(74-45(36(31)66)61-24-57-33-39(48)51-21-54-42(33)61)18-71-79(69,70)77-37-35(65)29(75-46(37)62-25-58-34-40(49)52-22-55-43(34)62)19-72-78(67,68)76-27-16-26(17-63)73-44(27)60-23-56-32-38(47)50-20-53-41(32)60/h20-29,31,35-37,44-46,63,65-66H,2-19H2,1H3,(H,59,64)(H,67,68)(H,69,70)(H2,47,50,53)(H2,48,51,54)(H2,49,52,55). The minimum atomic E-state index is -5.34. The van der Waals surface area contributed by atoms with Crippen molar-refractivity contribution < 1.29 is 71.3 Å². The Kier molecular flexibility index (Phi) is 19.1. The minimum absolute atomic E-state index is 0.0333. The smallest absolute Gasteiger partial charge is 0.394 e. The Hall–Kier alpha value is -5.50. The summed E-state index contributed by atoms with van der Waals surface area (Å²) < 4.78 is 72.3. The fourth-order valence-electron chi connectivity index (χ4n) is 10.1. The molecule has 33 heteroatoms. The quantitative estimate of drug-likeness (QED) is 0.0241. The molecule has 3 saturated heterocycles. The number of nitrogens with one attached hydrogen (secondary N) is 1. The molecule has 0 radical (unpaired) electrons. The van der Waals surface area contributed by atoms with E-state index >= 15 is 0 Å². The first-order valence-electron chi connectivity index (χ1n) is 26.4.